The Kier molecular flexibility index (Phi) is 6.18. The van der Waals surface area contributed by atoms with E-state index in [1.807, 2.05) is 31.2 Å². The predicted octanol–water partition coefficient (Wildman–Crippen LogP) is 5.29. The van der Waals surface area contributed by atoms with Crippen LogP contribution in [0.25, 0.3) is 6.08 Å². The van der Waals surface area contributed by atoms with E-state index in [0.29, 0.717) is 19.8 Å². The van der Waals surface area contributed by atoms with Crippen molar-refractivity contribution < 1.29 is 14.3 Å². The number of para-hydroxylation sites is 1. The lowest BCUT2D eigenvalue weighted by Crippen LogP contribution is -2.58. The van der Waals surface area contributed by atoms with E-state index in [1.54, 1.807) is 0 Å². The zero-order chi connectivity index (χ0) is 22.8. The number of fused-ring (bicyclic) bond motifs is 3. The molecule has 2 aromatic rings. The van der Waals surface area contributed by atoms with Crippen LogP contribution in [0, 0.1) is 0 Å². The van der Waals surface area contributed by atoms with Crippen LogP contribution in [-0.2, 0) is 10.2 Å². The first-order valence-electron chi connectivity index (χ1n) is 11.7. The lowest BCUT2D eigenvalue weighted by atomic mass is 9.75. The van der Waals surface area contributed by atoms with Crippen LogP contribution in [0.15, 0.2) is 48.5 Å². The molecular weight excluding hydrogens is 400 g/mol. The Hall–Kier alpha value is -2.95. The minimum absolute atomic E-state index is 0.0445. The number of nitrogens with zero attached hydrogens (tertiary/aromatic N) is 1. The number of hydrogen-bond donors (Lipinski definition) is 1. The third-order valence-electron chi connectivity index (χ3n) is 6.67. The second kappa shape index (κ2) is 8.89. The molecule has 0 unspecified atom stereocenters. The summed E-state index contributed by atoms with van der Waals surface area (Å²) in [5.74, 6) is 1.58. The number of nitrogens with one attached hydrogen (secondary N) is 1. The Morgan fingerprint density at radius 3 is 2.66 bits per heavy atom. The van der Waals surface area contributed by atoms with Gasteiger partial charge in [-0.2, -0.15) is 0 Å². The zero-order valence-corrected chi connectivity index (χ0v) is 19.6. The molecule has 0 spiro atoms. The van der Waals surface area contributed by atoms with E-state index in [9.17, 15) is 4.79 Å². The standard InChI is InChI=1S/C27H34N2O3/c1-5-7-10-17-32-23-14-13-20(18-24(23)31-6-2)15-16-27-26(3,4)21-11-8-9-12-22(21)29(27)19-25(30)28-27/h8-9,11-16,18H,5-7,10,17,19H2,1-4H3,(H,28,30)/t27-/m0/s1. The highest BCUT2D eigenvalue weighted by Crippen LogP contribution is 2.52. The molecule has 1 fully saturated rings. The number of rotatable bonds is 9. The Morgan fingerprint density at radius 1 is 1.06 bits per heavy atom. The van der Waals surface area contributed by atoms with Crippen LogP contribution in [0.4, 0.5) is 5.69 Å². The fraction of sp³-hybridized carbons (Fsp3) is 0.444. The predicted molar refractivity (Wildman–Crippen MR) is 129 cm³/mol. The van der Waals surface area contributed by atoms with Crippen molar-refractivity contribution >= 4 is 17.7 Å². The van der Waals surface area contributed by atoms with Gasteiger partial charge in [0.15, 0.2) is 11.5 Å². The Labute approximate surface area is 191 Å². The summed E-state index contributed by atoms with van der Waals surface area (Å²) in [5, 5.41) is 3.27. The first-order valence-corrected chi connectivity index (χ1v) is 11.7. The summed E-state index contributed by atoms with van der Waals surface area (Å²) in [5.41, 5.74) is 2.49. The first-order chi connectivity index (χ1) is 15.4. The van der Waals surface area contributed by atoms with Crippen LogP contribution in [-0.4, -0.2) is 31.3 Å². The molecule has 1 atom stereocenters. The van der Waals surface area contributed by atoms with Gasteiger partial charge in [0.05, 0.1) is 19.8 Å². The summed E-state index contributed by atoms with van der Waals surface area (Å²) in [4.78, 5) is 14.7. The van der Waals surface area contributed by atoms with Crippen molar-refractivity contribution in [3.8, 4) is 11.5 Å². The van der Waals surface area contributed by atoms with E-state index in [1.165, 1.54) is 12.0 Å². The quantitative estimate of drug-likeness (QED) is 0.545. The zero-order valence-electron chi connectivity index (χ0n) is 19.6. The van der Waals surface area contributed by atoms with Gasteiger partial charge in [-0.05, 0) is 48.7 Å². The third kappa shape index (κ3) is 3.74. The number of ether oxygens (including phenoxy) is 2. The molecule has 2 aliphatic rings. The van der Waals surface area contributed by atoms with Crippen LogP contribution >= 0.6 is 0 Å². The number of carbonyl (C=O) groups is 1. The minimum atomic E-state index is -0.602. The van der Waals surface area contributed by atoms with Gasteiger partial charge in [0.2, 0.25) is 5.91 Å². The summed E-state index contributed by atoms with van der Waals surface area (Å²) in [7, 11) is 0. The van der Waals surface area contributed by atoms with Crippen LogP contribution in [0.3, 0.4) is 0 Å². The number of benzene rings is 2. The van der Waals surface area contributed by atoms with Crippen molar-refractivity contribution in [2.24, 2.45) is 0 Å². The maximum absolute atomic E-state index is 12.5. The van der Waals surface area contributed by atoms with Crippen LogP contribution in [0.5, 0.6) is 11.5 Å². The SMILES string of the molecule is CCCCCOc1ccc(C=C[C@]23NC(=O)CN2c2ccccc2C3(C)C)cc1OCC. The van der Waals surface area contributed by atoms with Gasteiger partial charge in [-0.3, -0.25) is 4.79 Å². The molecular formula is C27H34N2O3. The highest BCUT2D eigenvalue weighted by Gasteiger charge is 2.59. The molecule has 1 amide bonds. The highest BCUT2D eigenvalue weighted by atomic mass is 16.5. The van der Waals surface area contributed by atoms with Crippen LogP contribution in [0.1, 0.15) is 58.1 Å². The van der Waals surface area contributed by atoms with E-state index in [0.717, 1.165) is 35.6 Å². The number of unbranched alkanes of at least 4 members (excludes halogenated alkanes) is 2. The second-order valence-electron chi connectivity index (χ2n) is 9.07. The van der Waals surface area contributed by atoms with Crippen molar-refractivity contribution in [2.45, 2.75) is 58.0 Å². The Bertz CT molecular complexity index is 1010. The van der Waals surface area contributed by atoms with Crippen molar-refractivity contribution in [2.75, 3.05) is 24.7 Å². The largest absolute Gasteiger partial charge is 0.490 e. The number of anilines is 1. The van der Waals surface area contributed by atoms with Gasteiger partial charge in [-0.1, -0.05) is 64.0 Å². The van der Waals surface area contributed by atoms with E-state index < -0.39 is 5.66 Å². The van der Waals surface area contributed by atoms with Gasteiger partial charge < -0.3 is 19.7 Å². The van der Waals surface area contributed by atoms with Gasteiger partial charge >= 0.3 is 0 Å². The lowest BCUT2D eigenvalue weighted by molar-refractivity contribution is -0.118. The molecule has 1 saturated heterocycles. The smallest absolute Gasteiger partial charge is 0.241 e. The molecule has 2 heterocycles. The van der Waals surface area contributed by atoms with E-state index in [-0.39, 0.29) is 11.3 Å². The van der Waals surface area contributed by atoms with Gasteiger partial charge in [0.25, 0.3) is 0 Å². The Morgan fingerprint density at radius 2 is 1.88 bits per heavy atom. The maximum atomic E-state index is 12.5. The summed E-state index contributed by atoms with van der Waals surface area (Å²) in [6.45, 7) is 10.2. The number of hydrogen-bond acceptors (Lipinski definition) is 4. The molecule has 5 nitrogen and oxygen atoms in total. The maximum Gasteiger partial charge on any atom is 0.241 e. The summed E-state index contributed by atoms with van der Waals surface area (Å²) in [6, 6.07) is 14.4. The van der Waals surface area contributed by atoms with Crippen molar-refractivity contribution in [1.29, 1.82) is 0 Å². The van der Waals surface area contributed by atoms with Gasteiger partial charge in [0, 0.05) is 11.1 Å². The van der Waals surface area contributed by atoms with Gasteiger partial charge in [-0.25, -0.2) is 0 Å². The monoisotopic (exact) mass is 434 g/mol. The van der Waals surface area contributed by atoms with E-state index in [2.05, 4.69) is 61.3 Å². The van der Waals surface area contributed by atoms with Crippen LogP contribution in [0.2, 0.25) is 0 Å². The normalized spacial score (nSPS) is 20.9. The molecule has 32 heavy (non-hydrogen) atoms. The molecule has 1 N–H and O–H groups in total. The third-order valence-corrected chi connectivity index (χ3v) is 6.67. The molecule has 4 rings (SSSR count). The molecule has 0 aliphatic carbocycles. The molecule has 0 radical (unpaired) electrons. The second-order valence-corrected chi connectivity index (χ2v) is 9.07. The fourth-order valence-corrected chi connectivity index (χ4v) is 4.91. The van der Waals surface area contributed by atoms with Crippen LogP contribution < -0.4 is 19.7 Å². The molecule has 0 saturated carbocycles. The van der Waals surface area contributed by atoms with Crippen molar-refractivity contribution in [1.82, 2.24) is 5.32 Å². The topological polar surface area (TPSA) is 50.8 Å². The van der Waals surface area contributed by atoms with Gasteiger partial charge in [-0.15, -0.1) is 0 Å². The van der Waals surface area contributed by atoms with Crippen molar-refractivity contribution in [3.05, 3.63) is 59.7 Å². The number of carbonyl (C=O) groups excluding carboxylic acids is 1. The lowest BCUT2D eigenvalue weighted by Gasteiger charge is -2.40. The number of amides is 1. The van der Waals surface area contributed by atoms with E-state index in [4.69, 9.17) is 9.47 Å². The average Bonchev–Trinajstić information content (AvgIpc) is 3.21. The average molecular weight is 435 g/mol. The minimum Gasteiger partial charge on any atom is -0.490 e. The molecule has 170 valence electrons. The van der Waals surface area contributed by atoms with Crippen molar-refractivity contribution in [3.63, 3.8) is 0 Å². The molecule has 2 aromatic carbocycles. The Balaban J connectivity index is 1.63. The van der Waals surface area contributed by atoms with E-state index >= 15 is 0 Å². The molecule has 2 aliphatic heterocycles. The van der Waals surface area contributed by atoms with Gasteiger partial charge in [0.1, 0.15) is 5.66 Å². The summed E-state index contributed by atoms with van der Waals surface area (Å²) >= 11 is 0. The fourth-order valence-electron chi connectivity index (χ4n) is 4.91. The first kappa shape index (κ1) is 22.3. The highest BCUT2D eigenvalue weighted by molar-refractivity contribution is 5.91. The summed E-state index contributed by atoms with van der Waals surface area (Å²) in [6.07, 6.45) is 7.58. The summed E-state index contributed by atoms with van der Waals surface area (Å²) < 4.78 is 11.8. The molecule has 5 heteroatoms. The molecule has 0 bridgehead atoms. The molecule has 0 aromatic heterocycles.